The van der Waals surface area contributed by atoms with E-state index in [1.54, 1.807) is 6.07 Å². The molecular weight excluding hydrogens is 408 g/mol. The van der Waals surface area contributed by atoms with Crippen LogP contribution in [0.15, 0.2) is 36.1 Å². The molecule has 2 aromatic rings. The number of nitrogens with zero attached hydrogens (tertiary/aromatic N) is 4. The Balaban J connectivity index is 1.73. The van der Waals surface area contributed by atoms with Crippen LogP contribution in [0.25, 0.3) is 0 Å². The number of rotatable bonds is 13. The number of hydrogen-bond donors (Lipinski definition) is 4. The lowest BCUT2D eigenvalue weighted by Crippen LogP contribution is -2.20. The summed E-state index contributed by atoms with van der Waals surface area (Å²) in [6, 6.07) is 3.77. The minimum absolute atomic E-state index is 0.287. The molecular formula is C22H34N8O2. The summed E-state index contributed by atoms with van der Waals surface area (Å²) in [7, 11) is 3.98. The summed E-state index contributed by atoms with van der Waals surface area (Å²) in [5, 5.41) is 13.8. The number of likely N-dealkylation sites (N-methyl/N-ethyl adjacent to an activating group) is 1. The van der Waals surface area contributed by atoms with E-state index in [0.717, 1.165) is 17.8 Å². The number of aromatic nitrogens is 4. The largest absolute Gasteiger partial charge is 0.476 e. The summed E-state index contributed by atoms with van der Waals surface area (Å²) in [5.74, 6) is 8.95. The van der Waals surface area contributed by atoms with Gasteiger partial charge in [0.1, 0.15) is 18.2 Å². The highest BCUT2D eigenvalue weighted by Crippen LogP contribution is 2.39. The summed E-state index contributed by atoms with van der Waals surface area (Å²) < 4.78 is 5.83. The fourth-order valence-electron chi connectivity index (χ4n) is 2.78. The molecule has 0 aliphatic heterocycles. The standard InChI is InChI=1S/C22H34N8O2/c1-14(2)15(3)10-17(32-23)13-24-22-26-19(12-21(27-22)31-9-8-30(4)5)25-20-11-18(28-29-20)16-6-7-16/h10-12,14,16H,3,6-9,13,23H2,1-2,4-5H3,(H3,24,25,26,27,28,29)/b17-10-. The normalized spacial score (nSPS) is 14.0. The smallest absolute Gasteiger partial charge is 0.228 e. The number of H-pyrrole nitrogens is 1. The maximum absolute atomic E-state index is 5.83. The van der Waals surface area contributed by atoms with Crippen molar-refractivity contribution >= 4 is 17.6 Å². The van der Waals surface area contributed by atoms with Crippen molar-refractivity contribution in [3.63, 3.8) is 0 Å². The first-order chi connectivity index (χ1) is 15.3. The lowest BCUT2D eigenvalue weighted by Gasteiger charge is -2.14. The van der Waals surface area contributed by atoms with Crippen LogP contribution < -0.4 is 21.3 Å². The summed E-state index contributed by atoms with van der Waals surface area (Å²) in [6.07, 6.45) is 4.22. The highest BCUT2D eigenvalue weighted by atomic mass is 16.6. The van der Waals surface area contributed by atoms with Gasteiger partial charge in [-0.3, -0.25) is 5.10 Å². The molecule has 0 radical (unpaired) electrons. The number of anilines is 3. The van der Waals surface area contributed by atoms with Gasteiger partial charge in [-0.1, -0.05) is 20.4 Å². The van der Waals surface area contributed by atoms with Gasteiger partial charge in [-0.2, -0.15) is 21.0 Å². The number of hydrogen-bond acceptors (Lipinski definition) is 9. The fraction of sp³-hybridized carbons (Fsp3) is 0.500. The van der Waals surface area contributed by atoms with E-state index < -0.39 is 0 Å². The minimum atomic E-state index is 0.287. The molecule has 0 bridgehead atoms. The molecule has 10 nitrogen and oxygen atoms in total. The van der Waals surface area contributed by atoms with Gasteiger partial charge in [0, 0.05) is 30.3 Å². The topological polar surface area (TPSA) is 126 Å². The number of ether oxygens (including phenoxy) is 1. The van der Waals surface area contributed by atoms with Crippen LogP contribution in [0.4, 0.5) is 17.6 Å². The van der Waals surface area contributed by atoms with E-state index in [1.807, 2.05) is 31.1 Å². The van der Waals surface area contributed by atoms with Gasteiger partial charge in [0.2, 0.25) is 11.8 Å². The van der Waals surface area contributed by atoms with Crippen molar-refractivity contribution in [3.05, 3.63) is 41.8 Å². The second-order valence-corrected chi connectivity index (χ2v) is 8.49. The van der Waals surface area contributed by atoms with Crippen molar-refractivity contribution in [1.29, 1.82) is 0 Å². The van der Waals surface area contributed by atoms with E-state index in [0.29, 0.717) is 48.3 Å². The number of allylic oxidation sites excluding steroid dienone is 2. The van der Waals surface area contributed by atoms with Crippen LogP contribution in [0, 0.1) is 5.92 Å². The molecule has 0 saturated heterocycles. The molecule has 0 amide bonds. The molecule has 1 aliphatic carbocycles. The summed E-state index contributed by atoms with van der Waals surface area (Å²) in [5.41, 5.74) is 2.06. The molecule has 1 aliphatic rings. The van der Waals surface area contributed by atoms with Gasteiger partial charge in [-0.15, -0.1) is 0 Å². The Morgan fingerprint density at radius 3 is 2.75 bits per heavy atom. The lowest BCUT2D eigenvalue weighted by atomic mass is 10.0. The molecule has 32 heavy (non-hydrogen) atoms. The first kappa shape index (κ1) is 23.6. The van der Waals surface area contributed by atoms with Gasteiger partial charge in [-0.25, -0.2) is 0 Å². The molecule has 2 aromatic heterocycles. The molecule has 1 fully saturated rings. The lowest BCUT2D eigenvalue weighted by molar-refractivity contribution is 0.219. The van der Waals surface area contributed by atoms with Crippen molar-refractivity contribution < 1.29 is 9.57 Å². The van der Waals surface area contributed by atoms with Crippen molar-refractivity contribution in [1.82, 2.24) is 25.1 Å². The molecule has 0 aromatic carbocycles. The number of nitrogens with two attached hydrogens (primary N) is 1. The predicted molar refractivity (Wildman–Crippen MR) is 126 cm³/mol. The monoisotopic (exact) mass is 442 g/mol. The zero-order chi connectivity index (χ0) is 23.1. The van der Waals surface area contributed by atoms with Crippen LogP contribution in [-0.4, -0.2) is 58.9 Å². The second-order valence-electron chi connectivity index (χ2n) is 8.49. The Hall–Kier alpha value is -3.11. The molecule has 10 heteroatoms. The number of aromatic amines is 1. The molecule has 3 rings (SSSR count). The maximum atomic E-state index is 5.83. The first-order valence-corrected chi connectivity index (χ1v) is 10.8. The van der Waals surface area contributed by atoms with Crippen LogP contribution in [0.5, 0.6) is 5.88 Å². The van der Waals surface area contributed by atoms with E-state index >= 15 is 0 Å². The maximum Gasteiger partial charge on any atom is 0.228 e. The fourth-order valence-corrected chi connectivity index (χ4v) is 2.78. The first-order valence-electron chi connectivity index (χ1n) is 10.8. The van der Waals surface area contributed by atoms with E-state index in [-0.39, 0.29) is 5.92 Å². The molecule has 5 N–H and O–H groups in total. The minimum Gasteiger partial charge on any atom is -0.476 e. The van der Waals surface area contributed by atoms with Crippen LogP contribution in [-0.2, 0) is 4.84 Å². The molecule has 2 heterocycles. The van der Waals surface area contributed by atoms with Gasteiger partial charge in [0.25, 0.3) is 0 Å². The van der Waals surface area contributed by atoms with Gasteiger partial charge < -0.3 is 25.1 Å². The van der Waals surface area contributed by atoms with Crippen molar-refractivity contribution in [2.24, 2.45) is 11.8 Å². The number of nitrogens with one attached hydrogen (secondary N) is 3. The van der Waals surface area contributed by atoms with Crippen molar-refractivity contribution in [2.75, 3.05) is 44.4 Å². The van der Waals surface area contributed by atoms with E-state index in [1.165, 1.54) is 12.8 Å². The molecule has 0 unspecified atom stereocenters. The second kappa shape index (κ2) is 11.0. The highest BCUT2D eigenvalue weighted by molar-refractivity contribution is 5.55. The zero-order valence-electron chi connectivity index (χ0n) is 19.3. The zero-order valence-corrected chi connectivity index (χ0v) is 19.3. The predicted octanol–water partition coefficient (Wildman–Crippen LogP) is 3.16. The van der Waals surface area contributed by atoms with Gasteiger partial charge in [-0.05, 0) is 44.5 Å². The van der Waals surface area contributed by atoms with E-state index in [9.17, 15) is 0 Å². The van der Waals surface area contributed by atoms with Gasteiger partial charge in [0.15, 0.2) is 5.82 Å². The summed E-state index contributed by atoms with van der Waals surface area (Å²) >= 11 is 0. The van der Waals surface area contributed by atoms with Crippen molar-refractivity contribution in [2.45, 2.75) is 32.6 Å². The molecule has 174 valence electrons. The van der Waals surface area contributed by atoms with E-state index in [4.69, 9.17) is 15.5 Å². The average molecular weight is 443 g/mol. The Kier molecular flexibility index (Phi) is 8.07. The van der Waals surface area contributed by atoms with Gasteiger partial charge >= 0.3 is 0 Å². The van der Waals surface area contributed by atoms with Crippen LogP contribution in [0.1, 0.15) is 38.3 Å². The third-order valence-corrected chi connectivity index (χ3v) is 5.02. The van der Waals surface area contributed by atoms with Crippen LogP contribution >= 0.6 is 0 Å². The SMILES string of the molecule is C=C(/C=C(/CNc1nc(Nc2cc(C3CC3)[nH]n2)cc(OCCN(C)C)n1)ON)C(C)C. The molecule has 0 atom stereocenters. The van der Waals surface area contributed by atoms with Gasteiger partial charge in [0.05, 0.1) is 6.54 Å². The highest BCUT2D eigenvalue weighted by Gasteiger charge is 2.25. The van der Waals surface area contributed by atoms with Crippen LogP contribution in [0.2, 0.25) is 0 Å². The quantitative estimate of drug-likeness (QED) is 0.210. The third-order valence-electron chi connectivity index (χ3n) is 5.02. The van der Waals surface area contributed by atoms with Crippen LogP contribution in [0.3, 0.4) is 0 Å². The Morgan fingerprint density at radius 1 is 1.31 bits per heavy atom. The third kappa shape index (κ3) is 7.24. The Morgan fingerprint density at radius 2 is 2.09 bits per heavy atom. The van der Waals surface area contributed by atoms with E-state index in [2.05, 4.69) is 51.2 Å². The summed E-state index contributed by atoms with van der Waals surface area (Å²) in [4.78, 5) is 16.0. The summed E-state index contributed by atoms with van der Waals surface area (Å²) in [6.45, 7) is 9.71. The Labute approximate surface area is 189 Å². The molecule has 0 spiro atoms. The van der Waals surface area contributed by atoms with Crippen molar-refractivity contribution in [3.8, 4) is 5.88 Å². The average Bonchev–Trinajstić information content (AvgIpc) is 3.49. The Bertz CT molecular complexity index is 934. The molecule has 1 saturated carbocycles.